The predicted octanol–water partition coefficient (Wildman–Crippen LogP) is 2.08. The first-order valence-electron chi connectivity index (χ1n) is 3.65. The molecule has 9 heavy (non-hydrogen) atoms. The summed E-state index contributed by atoms with van der Waals surface area (Å²) in [5, 5.41) is 2.73. The second-order valence-corrected chi connectivity index (χ2v) is 2.23. The maximum atomic E-state index is 12.5. The summed E-state index contributed by atoms with van der Waals surface area (Å²) in [4.78, 5) is 0. The first-order valence-corrected chi connectivity index (χ1v) is 3.65. The monoisotopic (exact) mass is 133 g/mol. The van der Waals surface area contributed by atoms with Gasteiger partial charge in [0.1, 0.15) is 0 Å². The number of nitrogens with one attached hydrogen (secondary N) is 1. The van der Waals surface area contributed by atoms with Gasteiger partial charge in [-0.1, -0.05) is 13.8 Å². The Morgan fingerprint density at radius 3 is 2.11 bits per heavy atom. The van der Waals surface area contributed by atoms with E-state index in [9.17, 15) is 4.39 Å². The summed E-state index contributed by atoms with van der Waals surface area (Å²) in [5.41, 5.74) is 0. The Labute approximate surface area is 56.6 Å². The molecule has 1 heterocycles. The van der Waals surface area contributed by atoms with Crippen LogP contribution in [0.3, 0.4) is 0 Å². The van der Waals surface area contributed by atoms with Gasteiger partial charge in [0.05, 0.1) is 0 Å². The minimum absolute atomic E-state index is 0.674. The van der Waals surface area contributed by atoms with Crippen LogP contribution in [0.25, 0.3) is 0 Å². The zero-order valence-electron chi connectivity index (χ0n) is 6.50. The van der Waals surface area contributed by atoms with Gasteiger partial charge in [-0.15, -0.1) is 0 Å². The van der Waals surface area contributed by atoms with E-state index in [1.165, 1.54) is 0 Å². The van der Waals surface area contributed by atoms with Gasteiger partial charge in [-0.2, -0.15) is 0 Å². The van der Waals surface area contributed by atoms with Crippen LogP contribution < -0.4 is 5.32 Å². The molecular weight excluding hydrogens is 117 g/mol. The number of rotatable bonds is 0. The van der Waals surface area contributed by atoms with E-state index in [4.69, 9.17) is 0 Å². The van der Waals surface area contributed by atoms with E-state index < -0.39 is 5.79 Å². The summed E-state index contributed by atoms with van der Waals surface area (Å²) in [6.45, 7) is 6.42. The molecule has 0 saturated carbocycles. The second kappa shape index (κ2) is 3.83. The highest BCUT2D eigenvalue weighted by Gasteiger charge is 2.25. The van der Waals surface area contributed by atoms with Gasteiger partial charge in [-0.05, 0) is 26.3 Å². The molecule has 0 aliphatic carbocycles. The fraction of sp³-hybridized carbons (Fsp3) is 1.00. The predicted molar refractivity (Wildman–Crippen MR) is 38.1 cm³/mol. The van der Waals surface area contributed by atoms with E-state index >= 15 is 0 Å². The SMILES string of the molecule is CC.CC1(F)CCCN1. The first-order chi connectivity index (χ1) is 4.21. The van der Waals surface area contributed by atoms with Crippen molar-refractivity contribution in [2.24, 2.45) is 0 Å². The zero-order chi connectivity index (χ0) is 7.33. The van der Waals surface area contributed by atoms with Crippen molar-refractivity contribution in [3.8, 4) is 0 Å². The van der Waals surface area contributed by atoms with Crippen LogP contribution in [0.1, 0.15) is 33.6 Å². The van der Waals surface area contributed by atoms with Crippen LogP contribution in [-0.2, 0) is 0 Å². The molecule has 0 radical (unpaired) electrons. The van der Waals surface area contributed by atoms with Crippen molar-refractivity contribution in [2.45, 2.75) is 39.4 Å². The van der Waals surface area contributed by atoms with E-state index in [1.54, 1.807) is 6.92 Å². The average molecular weight is 133 g/mol. The molecule has 0 bridgehead atoms. The number of halogens is 1. The maximum absolute atomic E-state index is 12.5. The topological polar surface area (TPSA) is 12.0 Å². The normalized spacial score (nSPS) is 33.3. The lowest BCUT2D eigenvalue weighted by Gasteiger charge is -2.10. The Bertz CT molecular complexity index is 63.3. The van der Waals surface area contributed by atoms with Crippen molar-refractivity contribution in [3.63, 3.8) is 0 Å². The van der Waals surface area contributed by atoms with Crippen molar-refractivity contribution in [3.05, 3.63) is 0 Å². The van der Waals surface area contributed by atoms with Crippen molar-refractivity contribution in [1.82, 2.24) is 5.32 Å². The van der Waals surface area contributed by atoms with E-state index in [-0.39, 0.29) is 0 Å². The van der Waals surface area contributed by atoms with Gasteiger partial charge < -0.3 is 0 Å². The van der Waals surface area contributed by atoms with Crippen LogP contribution >= 0.6 is 0 Å². The minimum Gasteiger partial charge on any atom is -0.285 e. The molecule has 1 aliphatic rings. The maximum Gasteiger partial charge on any atom is 0.158 e. The molecule has 0 amide bonds. The molecule has 1 aliphatic heterocycles. The molecule has 1 saturated heterocycles. The van der Waals surface area contributed by atoms with Gasteiger partial charge in [-0.3, -0.25) is 5.32 Å². The summed E-state index contributed by atoms with van der Waals surface area (Å²) in [7, 11) is 0. The van der Waals surface area contributed by atoms with E-state index in [2.05, 4.69) is 5.32 Å². The lowest BCUT2D eigenvalue weighted by Crippen LogP contribution is -2.29. The van der Waals surface area contributed by atoms with Gasteiger partial charge in [0, 0.05) is 0 Å². The third-order valence-electron chi connectivity index (χ3n) is 1.32. The van der Waals surface area contributed by atoms with Crippen molar-refractivity contribution < 1.29 is 4.39 Å². The largest absolute Gasteiger partial charge is 0.285 e. The van der Waals surface area contributed by atoms with E-state index in [0.717, 1.165) is 13.0 Å². The Hall–Kier alpha value is -0.110. The molecule has 1 unspecified atom stereocenters. The van der Waals surface area contributed by atoms with Gasteiger partial charge in [-0.25, -0.2) is 4.39 Å². The highest BCUT2D eigenvalue weighted by molar-refractivity contribution is 4.76. The van der Waals surface area contributed by atoms with Gasteiger partial charge in [0.2, 0.25) is 0 Å². The summed E-state index contributed by atoms with van der Waals surface area (Å²) in [6.07, 6.45) is 1.65. The summed E-state index contributed by atoms with van der Waals surface area (Å²) in [6, 6.07) is 0. The molecule has 0 spiro atoms. The highest BCUT2D eigenvalue weighted by Crippen LogP contribution is 2.18. The second-order valence-electron chi connectivity index (χ2n) is 2.23. The summed E-state index contributed by atoms with van der Waals surface area (Å²) >= 11 is 0. The minimum atomic E-state index is -1.06. The molecule has 1 fully saturated rings. The zero-order valence-corrected chi connectivity index (χ0v) is 6.50. The van der Waals surface area contributed by atoms with Crippen molar-refractivity contribution >= 4 is 0 Å². The smallest absolute Gasteiger partial charge is 0.158 e. The highest BCUT2D eigenvalue weighted by atomic mass is 19.1. The van der Waals surface area contributed by atoms with Crippen molar-refractivity contribution in [2.75, 3.05) is 6.54 Å². The van der Waals surface area contributed by atoms with E-state index in [0.29, 0.717) is 6.42 Å². The lowest BCUT2D eigenvalue weighted by atomic mass is 10.2. The number of hydrogen-bond acceptors (Lipinski definition) is 1. The van der Waals surface area contributed by atoms with Crippen LogP contribution in [0.2, 0.25) is 0 Å². The summed E-state index contributed by atoms with van der Waals surface area (Å²) in [5.74, 6) is -1.06. The molecule has 1 N–H and O–H groups in total. The average Bonchev–Trinajstić information content (AvgIpc) is 2.19. The molecular formula is C7H16FN. The van der Waals surface area contributed by atoms with Crippen LogP contribution in [0.4, 0.5) is 4.39 Å². The molecule has 1 rings (SSSR count). The number of hydrogen-bond donors (Lipinski definition) is 1. The molecule has 0 aromatic carbocycles. The van der Waals surface area contributed by atoms with Crippen LogP contribution in [0, 0.1) is 0 Å². The van der Waals surface area contributed by atoms with Gasteiger partial charge >= 0.3 is 0 Å². The van der Waals surface area contributed by atoms with Gasteiger partial charge in [0.15, 0.2) is 5.79 Å². The molecule has 1 nitrogen and oxygen atoms in total. The fourth-order valence-electron chi connectivity index (χ4n) is 0.858. The third kappa shape index (κ3) is 3.46. The molecule has 0 aromatic rings. The third-order valence-corrected chi connectivity index (χ3v) is 1.32. The molecule has 2 heteroatoms. The van der Waals surface area contributed by atoms with Crippen LogP contribution in [-0.4, -0.2) is 12.3 Å². The van der Waals surface area contributed by atoms with Crippen molar-refractivity contribution in [1.29, 1.82) is 0 Å². The Morgan fingerprint density at radius 1 is 1.44 bits per heavy atom. The number of alkyl halides is 1. The van der Waals surface area contributed by atoms with Crippen LogP contribution in [0.15, 0.2) is 0 Å². The Balaban J connectivity index is 0.000000291. The Morgan fingerprint density at radius 2 is 2.00 bits per heavy atom. The lowest BCUT2D eigenvalue weighted by molar-refractivity contribution is 0.169. The quantitative estimate of drug-likeness (QED) is 0.499. The van der Waals surface area contributed by atoms with Crippen LogP contribution in [0.5, 0.6) is 0 Å². The Kier molecular flexibility index (Phi) is 3.78. The first kappa shape index (κ1) is 8.89. The standard InChI is InChI=1S/C5H10FN.C2H6/c1-5(6)3-2-4-7-5;1-2/h7H,2-4H2,1H3;1-2H3. The van der Waals surface area contributed by atoms with Gasteiger partial charge in [0.25, 0.3) is 0 Å². The summed E-state index contributed by atoms with van der Waals surface area (Å²) < 4.78 is 12.5. The molecule has 56 valence electrons. The molecule has 0 aromatic heterocycles. The fourth-order valence-corrected chi connectivity index (χ4v) is 0.858. The van der Waals surface area contributed by atoms with E-state index in [1.807, 2.05) is 13.8 Å². The molecule has 1 atom stereocenters.